The maximum Gasteiger partial charge on any atom is 0.115 e. The Hall–Kier alpha value is -0.410. The third-order valence-corrected chi connectivity index (χ3v) is 3.44. The first-order valence-electron chi connectivity index (χ1n) is 3.90. The molecule has 0 saturated carbocycles. The number of nitrogens with zero attached hydrogens (tertiary/aromatic N) is 1. The van der Waals surface area contributed by atoms with Gasteiger partial charge in [0.15, 0.2) is 0 Å². The van der Waals surface area contributed by atoms with Gasteiger partial charge in [0, 0.05) is 5.39 Å². The van der Waals surface area contributed by atoms with Crippen LogP contribution in [0.1, 0.15) is 5.56 Å². The molecule has 0 aliphatic heterocycles. The lowest BCUT2D eigenvalue weighted by Gasteiger charge is -2.05. The van der Waals surface area contributed by atoms with Crippen molar-refractivity contribution in [1.29, 1.82) is 0 Å². The zero-order chi connectivity index (χ0) is 9.42. The van der Waals surface area contributed by atoms with E-state index in [1.54, 1.807) is 0 Å². The van der Waals surface area contributed by atoms with Gasteiger partial charge in [0.1, 0.15) is 9.21 Å². The molecule has 0 spiro atoms. The first-order chi connectivity index (χ1) is 6.20. The van der Waals surface area contributed by atoms with Crippen LogP contribution >= 0.6 is 31.9 Å². The number of halogens is 2. The van der Waals surface area contributed by atoms with Crippen LogP contribution in [0, 0.1) is 6.92 Å². The van der Waals surface area contributed by atoms with Crippen LogP contribution in [0.15, 0.2) is 33.5 Å². The van der Waals surface area contributed by atoms with Crippen molar-refractivity contribution in [3.63, 3.8) is 0 Å². The lowest BCUT2D eigenvalue weighted by molar-refractivity contribution is 1.22. The van der Waals surface area contributed by atoms with Crippen LogP contribution in [0.2, 0.25) is 0 Å². The molecule has 0 aliphatic carbocycles. The summed E-state index contributed by atoms with van der Waals surface area (Å²) in [5, 5.41) is 2.39. The van der Waals surface area contributed by atoms with Crippen molar-refractivity contribution in [2.75, 3.05) is 0 Å². The Morgan fingerprint density at radius 2 is 1.62 bits per heavy atom. The summed E-state index contributed by atoms with van der Waals surface area (Å²) in [4.78, 5) is 4.33. The average molecular weight is 301 g/mol. The fourth-order valence-corrected chi connectivity index (χ4v) is 2.48. The number of benzene rings is 1. The monoisotopic (exact) mass is 299 g/mol. The molecule has 1 nitrogen and oxygen atoms in total. The van der Waals surface area contributed by atoms with E-state index < -0.39 is 0 Å². The van der Waals surface area contributed by atoms with E-state index in [0.29, 0.717) is 0 Å². The Morgan fingerprint density at radius 1 is 1.00 bits per heavy atom. The topological polar surface area (TPSA) is 12.9 Å². The molecule has 1 heterocycles. The number of aromatic nitrogens is 1. The van der Waals surface area contributed by atoms with Gasteiger partial charge in [0.2, 0.25) is 0 Å². The summed E-state index contributed by atoms with van der Waals surface area (Å²) in [5.41, 5.74) is 1.18. The van der Waals surface area contributed by atoms with Crippen LogP contribution < -0.4 is 0 Å². The van der Waals surface area contributed by atoms with E-state index in [2.05, 4.69) is 55.9 Å². The van der Waals surface area contributed by atoms with E-state index in [1.165, 1.54) is 10.9 Å². The molecule has 0 aliphatic rings. The van der Waals surface area contributed by atoms with E-state index in [1.807, 2.05) is 12.1 Å². The Morgan fingerprint density at radius 3 is 2.31 bits per heavy atom. The second kappa shape index (κ2) is 3.39. The standard InChI is InChI=1S/C10H7Br2N/c1-6-7-4-2-3-5-8(7)10(12)13-9(6)11/h2-5H,1H3. The van der Waals surface area contributed by atoms with Crippen LogP contribution in [0.3, 0.4) is 0 Å². The predicted octanol–water partition coefficient (Wildman–Crippen LogP) is 4.07. The molecule has 1 aromatic heterocycles. The van der Waals surface area contributed by atoms with Crippen LogP contribution in [0.4, 0.5) is 0 Å². The van der Waals surface area contributed by atoms with Gasteiger partial charge in [-0.05, 0) is 49.7 Å². The van der Waals surface area contributed by atoms with Gasteiger partial charge in [-0.15, -0.1) is 0 Å². The minimum Gasteiger partial charge on any atom is -0.233 e. The van der Waals surface area contributed by atoms with Gasteiger partial charge in [-0.3, -0.25) is 0 Å². The van der Waals surface area contributed by atoms with E-state index in [9.17, 15) is 0 Å². The molecule has 1 aromatic carbocycles. The molecule has 2 rings (SSSR count). The molecule has 0 amide bonds. The van der Waals surface area contributed by atoms with Crippen LogP contribution in [-0.2, 0) is 0 Å². The molecule has 0 saturated heterocycles. The number of hydrogen-bond donors (Lipinski definition) is 0. The summed E-state index contributed by atoms with van der Waals surface area (Å²) < 4.78 is 1.79. The lowest BCUT2D eigenvalue weighted by atomic mass is 10.1. The molecule has 0 unspecified atom stereocenters. The number of hydrogen-bond acceptors (Lipinski definition) is 1. The second-order valence-electron chi connectivity index (χ2n) is 2.86. The highest BCUT2D eigenvalue weighted by Gasteiger charge is 2.05. The lowest BCUT2D eigenvalue weighted by Crippen LogP contribution is -1.86. The highest BCUT2D eigenvalue weighted by atomic mass is 79.9. The minimum atomic E-state index is 0.889. The van der Waals surface area contributed by atoms with Crippen LogP contribution in [0.5, 0.6) is 0 Å². The summed E-state index contributed by atoms with van der Waals surface area (Å²) in [6.07, 6.45) is 0. The van der Waals surface area contributed by atoms with Gasteiger partial charge < -0.3 is 0 Å². The van der Waals surface area contributed by atoms with Crippen LogP contribution in [-0.4, -0.2) is 4.98 Å². The SMILES string of the molecule is Cc1c(Br)nc(Br)c2ccccc12. The van der Waals surface area contributed by atoms with Crippen molar-refractivity contribution >= 4 is 42.6 Å². The summed E-state index contributed by atoms with van der Waals surface area (Å²) in [6.45, 7) is 2.06. The van der Waals surface area contributed by atoms with Crippen LogP contribution in [0.25, 0.3) is 10.8 Å². The average Bonchev–Trinajstić information content (AvgIpc) is 2.15. The molecule has 0 N–H and O–H groups in total. The van der Waals surface area contributed by atoms with Crippen molar-refractivity contribution in [3.8, 4) is 0 Å². The summed E-state index contributed by atoms with van der Waals surface area (Å²) >= 11 is 6.87. The predicted molar refractivity (Wildman–Crippen MR) is 61.9 cm³/mol. The Balaban J connectivity index is 2.97. The normalized spacial score (nSPS) is 10.7. The Labute approximate surface area is 93.4 Å². The van der Waals surface area contributed by atoms with Crippen molar-refractivity contribution < 1.29 is 0 Å². The van der Waals surface area contributed by atoms with Gasteiger partial charge in [-0.2, -0.15) is 0 Å². The maximum absolute atomic E-state index is 4.33. The highest BCUT2D eigenvalue weighted by molar-refractivity contribution is 9.11. The van der Waals surface area contributed by atoms with Gasteiger partial charge in [-0.1, -0.05) is 24.3 Å². The number of aryl methyl sites for hydroxylation is 1. The smallest absolute Gasteiger partial charge is 0.115 e. The fourth-order valence-electron chi connectivity index (χ4n) is 1.33. The van der Waals surface area contributed by atoms with Crippen molar-refractivity contribution in [2.45, 2.75) is 6.92 Å². The molecule has 0 bridgehead atoms. The van der Waals surface area contributed by atoms with Gasteiger partial charge in [0.25, 0.3) is 0 Å². The summed E-state index contributed by atoms with van der Waals surface area (Å²) in [6, 6.07) is 8.21. The summed E-state index contributed by atoms with van der Waals surface area (Å²) in [7, 11) is 0. The van der Waals surface area contributed by atoms with E-state index >= 15 is 0 Å². The van der Waals surface area contributed by atoms with E-state index in [0.717, 1.165) is 14.6 Å². The van der Waals surface area contributed by atoms with Gasteiger partial charge in [0.05, 0.1) is 0 Å². The molecule has 13 heavy (non-hydrogen) atoms. The number of rotatable bonds is 0. The third-order valence-electron chi connectivity index (χ3n) is 2.06. The minimum absolute atomic E-state index is 0.889. The van der Waals surface area contributed by atoms with Gasteiger partial charge in [-0.25, -0.2) is 4.98 Å². The number of pyridine rings is 1. The highest BCUT2D eigenvalue weighted by Crippen LogP contribution is 2.28. The first kappa shape index (κ1) is 9.16. The fraction of sp³-hybridized carbons (Fsp3) is 0.100. The third kappa shape index (κ3) is 1.51. The molecule has 2 aromatic rings. The molecule has 0 fully saturated rings. The van der Waals surface area contributed by atoms with E-state index in [4.69, 9.17) is 0 Å². The molecular weight excluding hydrogens is 294 g/mol. The van der Waals surface area contributed by atoms with Crippen molar-refractivity contribution in [2.24, 2.45) is 0 Å². The molecule has 0 atom stereocenters. The van der Waals surface area contributed by atoms with Crippen molar-refractivity contribution in [1.82, 2.24) is 4.98 Å². The zero-order valence-corrected chi connectivity index (χ0v) is 10.2. The maximum atomic E-state index is 4.33. The number of fused-ring (bicyclic) bond motifs is 1. The quantitative estimate of drug-likeness (QED) is 0.668. The molecule has 66 valence electrons. The Bertz CT molecular complexity index is 466. The zero-order valence-electron chi connectivity index (χ0n) is 7.01. The summed E-state index contributed by atoms with van der Waals surface area (Å²) in [5.74, 6) is 0. The second-order valence-corrected chi connectivity index (χ2v) is 4.37. The first-order valence-corrected chi connectivity index (χ1v) is 5.49. The molecular formula is C10H7Br2N. The molecule has 0 radical (unpaired) electrons. The van der Waals surface area contributed by atoms with E-state index in [-0.39, 0.29) is 0 Å². The Kier molecular flexibility index (Phi) is 2.39. The largest absolute Gasteiger partial charge is 0.233 e. The van der Waals surface area contributed by atoms with Crippen molar-refractivity contribution in [3.05, 3.63) is 39.0 Å². The molecule has 3 heteroatoms. The van der Waals surface area contributed by atoms with Gasteiger partial charge >= 0.3 is 0 Å².